The highest BCUT2D eigenvalue weighted by molar-refractivity contribution is 7.15. The highest BCUT2D eigenvalue weighted by atomic mass is 32.1. The molecule has 0 saturated carbocycles. The third-order valence-corrected chi connectivity index (χ3v) is 2.99. The molecule has 0 spiro atoms. The molecule has 0 radical (unpaired) electrons. The van der Waals surface area contributed by atoms with Crippen LogP contribution in [-0.4, -0.2) is 17.0 Å². The average molecular weight is 276 g/mol. The van der Waals surface area contributed by atoms with Gasteiger partial charge in [0.15, 0.2) is 0 Å². The first-order valence-corrected chi connectivity index (χ1v) is 4.83. The first-order chi connectivity index (χ1) is 7.57. The van der Waals surface area contributed by atoms with Crippen LogP contribution in [0.15, 0.2) is 12.1 Å². The number of hydrogen-bond acceptors (Lipinski definition) is 4. The van der Waals surface area contributed by atoms with Crippen molar-refractivity contribution in [2.75, 3.05) is 0 Å². The van der Waals surface area contributed by atoms with E-state index in [-0.39, 0.29) is 11.3 Å². The lowest BCUT2D eigenvalue weighted by molar-refractivity contribution is -0.380. The molecule has 0 aromatic carbocycles. The summed E-state index contributed by atoms with van der Waals surface area (Å²) in [5, 5.41) is 9.70. The zero-order valence-electron chi connectivity index (χ0n) is 7.87. The fourth-order valence-corrected chi connectivity index (χ4v) is 1.83. The van der Waals surface area contributed by atoms with Crippen LogP contribution in [-0.2, 0) is 0 Å². The molecular weight excluding hydrogens is 271 g/mol. The number of nitro groups is 1. The van der Waals surface area contributed by atoms with Gasteiger partial charge in [-0.3, -0.25) is 10.1 Å². The van der Waals surface area contributed by atoms with Crippen molar-refractivity contribution < 1.29 is 26.9 Å². The largest absolute Gasteiger partial charge is 0.455 e. The third kappa shape index (κ3) is 2.52. The molecule has 1 rings (SSSR count). The highest BCUT2D eigenvalue weighted by Crippen LogP contribution is 2.45. The van der Waals surface area contributed by atoms with Crippen molar-refractivity contribution in [1.29, 1.82) is 0 Å². The van der Waals surface area contributed by atoms with Crippen molar-refractivity contribution in [3.8, 4) is 0 Å². The number of thiophene rings is 1. The predicted octanol–water partition coefficient (Wildman–Crippen LogP) is 2.85. The van der Waals surface area contributed by atoms with Gasteiger partial charge in [-0.1, -0.05) is 11.3 Å². The summed E-state index contributed by atoms with van der Waals surface area (Å²) in [5.41, 5.74) is 4.79. The molecule has 0 unspecified atom stereocenters. The molecule has 0 fully saturated rings. The summed E-state index contributed by atoms with van der Waals surface area (Å²) >= 11 is 0.188. The summed E-state index contributed by atoms with van der Waals surface area (Å²) in [6.07, 6.45) is -5.80. The molecular formula is C7H5F5N2O2S. The minimum absolute atomic E-state index is 0.188. The van der Waals surface area contributed by atoms with Crippen molar-refractivity contribution >= 4 is 16.3 Å². The van der Waals surface area contributed by atoms with E-state index in [1.165, 1.54) is 0 Å². The number of rotatable bonds is 3. The Morgan fingerprint density at radius 3 is 2.18 bits per heavy atom. The fraction of sp³-hybridized carbons (Fsp3) is 0.429. The Morgan fingerprint density at radius 1 is 1.29 bits per heavy atom. The SMILES string of the molecule is N[C@@H](c1ccc([N+](=O)[O-])s1)C(F)(F)C(F)(F)F. The lowest BCUT2D eigenvalue weighted by Crippen LogP contribution is -2.45. The Labute approximate surface area is 95.0 Å². The van der Waals surface area contributed by atoms with Crippen molar-refractivity contribution in [1.82, 2.24) is 0 Å². The van der Waals surface area contributed by atoms with E-state index in [0.717, 1.165) is 12.1 Å². The number of nitrogens with zero attached hydrogens (tertiary/aromatic N) is 1. The summed E-state index contributed by atoms with van der Waals surface area (Å²) in [6.45, 7) is 0. The first-order valence-electron chi connectivity index (χ1n) is 4.01. The zero-order chi connectivity index (χ0) is 13.4. The normalized spacial score (nSPS) is 14.7. The van der Waals surface area contributed by atoms with Gasteiger partial charge in [0, 0.05) is 10.9 Å². The molecule has 4 nitrogen and oxygen atoms in total. The highest BCUT2D eigenvalue weighted by Gasteiger charge is 2.62. The smallest absolute Gasteiger partial charge is 0.318 e. The molecule has 0 amide bonds. The van der Waals surface area contributed by atoms with Crippen molar-refractivity contribution in [3.05, 3.63) is 27.1 Å². The summed E-state index contributed by atoms with van der Waals surface area (Å²) in [5.74, 6) is -5.13. The van der Waals surface area contributed by atoms with Gasteiger partial charge in [-0.15, -0.1) is 0 Å². The minimum atomic E-state index is -5.80. The molecule has 0 saturated heterocycles. The van der Waals surface area contributed by atoms with E-state index < -0.39 is 32.9 Å². The van der Waals surface area contributed by atoms with Crippen molar-refractivity contribution in [2.45, 2.75) is 18.1 Å². The molecule has 1 aromatic rings. The molecule has 0 aliphatic heterocycles. The second-order valence-corrected chi connectivity index (χ2v) is 4.13. The quantitative estimate of drug-likeness (QED) is 0.524. The van der Waals surface area contributed by atoms with Gasteiger partial charge in [-0.2, -0.15) is 22.0 Å². The maximum Gasteiger partial charge on any atom is 0.455 e. The molecule has 1 aromatic heterocycles. The van der Waals surface area contributed by atoms with E-state index in [2.05, 4.69) is 0 Å². The molecule has 0 bridgehead atoms. The maximum absolute atomic E-state index is 12.8. The van der Waals surface area contributed by atoms with E-state index in [1.54, 1.807) is 0 Å². The van der Waals surface area contributed by atoms with Crippen molar-refractivity contribution in [2.24, 2.45) is 5.73 Å². The topological polar surface area (TPSA) is 69.2 Å². The Kier molecular flexibility index (Phi) is 3.39. The summed E-state index contributed by atoms with van der Waals surface area (Å²) in [4.78, 5) is 8.75. The Balaban J connectivity index is 3.04. The third-order valence-electron chi connectivity index (χ3n) is 1.87. The fourth-order valence-electron chi connectivity index (χ4n) is 0.962. The van der Waals surface area contributed by atoms with Crippen molar-refractivity contribution in [3.63, 3.8) is 0 Å². The number of halogens is 5. The average Bonchev–Trinajstić information content (AvgIpc) is 2.63. The van der Waals surface area contributed by atoms with E-state index in [4.69, 9.17) is 5.73 Å². The summed E-state index contributed by atoms with van der Waals surface area (Å²) < 4.78 is 61.5. The Bertz CT molecular complexity index is 430. The van der Waals surface area contributed by atoms with Gasteiger partial charge >= 0.3 is 17.1 Å². The monoisotopic (exact) mass is 276 g/mol. The van der Waals surface area contributed by atoms with Crippen LogP contribution in [0.2, 0.25) is 0 Å². The van der Waals surface area contributed by atoms with Crippen LogP contribution in [0.1, 0.15) is 10.9 Å². The van der Waals surface area contributed by atoms with E-state index in [0.29, 0.717) is 0 Å². The van der Waals surface area contributed by atoms with E-state index >= 15 is 0 Å². The van der Waals surface area contributed by atoms with Gasteiger partial charge in [0.2, 0.25) is 0 Å². The molecule has 1 heterocycles. The number of hydrogen-bond donors (Lipinski definition) is 1. The second kappa shape index (κ2) is 4.18. The molecule has 1 atom stereocenters. The molecule has 10 heteroatoms. The lowest BCUT2D eigenvalue weighted by Gasteiger charge is -2.24. The molecule has 96 valence electrons. The van der Waals surface area contributed by atoms with Gasteiger partial charge in [-0.25, -0.2) is 0 Å². The minimum Gasteiger partial charge on any atom is -0.318 e. The van der Waals surface area contributed by atoms with Crippen LogP contribution in [0.4, 0.5) is 27.0 Å². The van der Waals surface area contributed by atoms with Crippen LogP contribution in [0.5, 0.6) is 0 Å². The van der Waals surface area contributed by atoms with Gasteiger partial charge in [0.25, 0.3) is 0 Å². The van der Waals surface area contributed by atoms with Gasteiger partial charge in [0.05, 0.1) is 4.92 Å². The summed E-state index contributed by atoms with van der Waals surface area (Å²) in [7, 11) is 0. The summed E-state index contributed by atoms with van der Waals surface area (Å²) in [6, 6.07) is -1.04. The maximum atomic E-state index is 12.8. The van der Waals surface area contributed by atoms with E-state index in [1.807, 2.05) is 0 Å². The lowest BCUT2D eigenvalue weighted by atomic mass is 10.1. The number of alkyl halides is 5. The second-order valence-electron chi connectivity index (χ2n) is 3.03. The standard InChI is InChI=1S/C7H5F5N2O2S/c8-6(9,7(10,11)12)5(13)3-1-2-4(17-3)14(15)16/h1-2,5H,13H2/t5-/m0/s1. The predicted molar refractivity (Wildman–Crippen MR) is 48.9 cm³/mol. The molecule has 17 heavy (non-hydrogen) atoms. The first kappa shape index (κ1) is 13.8. The van der Waals surface area contributed by atoms with Gasteiger partial charge in [-0.05, 0) is 6.07 Å². The molecule has 2 N–H and O–H groups in total. The van der Waals surface area contributed by atoms with E-state index in [9.17, 15) is 32.1 Å². The molecule has 0 aliphatic rings. The Hall–Kier alpha value is -1.29. The molecule has 0 aliphatic carbocycles. The van der Waals surface area contributed by atoms with Crippen LogP contribution >= 0.6 is 11.3 Å². The Morgan fingerprint density at radius 2 is 1.82 bits per heavy atom. The van der Waals surface area contributed by atoms with Crippen LogP contribution in [0, 0.1) is 10.1 Å². The number of nitrogens with two attached hydrogens (primary N) is 1. The van der Waals surface area contributed by atoms with Gasteiger partial charge in [0.1, 0.15) is 6.04 Å². The van der Waals surface area contributed by atoms with Crippen LogP contribution < -0.4 is 5.73 Å². The van der Waals surface area contributed by atoms with Gasteiger partial charge < -0.3 is 5.73 Å². The zero-order valence-corrected chi connectivity index (χ0v) is 8.69. The van der Waals surface area contributed by atoms with Crippen LogP contribution in [0.3, 0.4) is 0 Å². The van der Waals surface area contributed by atoms with Crippen LogP contribution in [0.25, 0.3) is 0 Å².